The topological polar surface area (TPSA) is 159 Å². The summed E-state index contributed by atoms with van der Waals surface area (Å²) in [6, 6.07) is 6.04. The van der Waals surface area contributed by atoms with E-state index in [1.807, 2.05) is 0 Å². The quantitative estimate of drug-likeness (QED) is 0.261. The lowest BCUT2D eigenvalue weighted by Gasteiger charge is -2.42. The number of halogens is 3. The highest BCUT2D eigenvalue weighted by atomic mass is 19.4. The fourth-order valence-electron chi connectivity index (χ4n) is 6.77. The summed E-state index contributed by atoms with van der Waals surface area (Å²) in [5.74, 6) is -9.69. The Balaban J connectivity index is 1.47. The fraction of sp³-hybridized carbons (Fsp3) is 0.258. The number of aromatic hydroxyl groups is 2. The number of amides is 2. The van der Waals surface area contributed by atoms with Gasteiger partial charge in [-0.05, 0) is 62.1 Å². The van der Waals surface area contributed by atoms with Crippen molar-refractivity contribution in [3.05, 3.63) is 82.0 Å². The summed E-state index contributed by atoms with van der Waals surface area (Å²) >= 11 is 0. The number of carbonyl (C=O) groups excluding carboxylic acids is 4. The first-order valence-corrected chi connectivity index (χ1v) is 13.4. The number of aromatic carboxylic acids is 1. The van der Waals surface area contributed by atoms with Gasteiger partial charge in [-0.3, -0.25) is 19.2 Å². The highest BCUT2D eigenvalue weighted by Crippen LogP contribution is 2.56. The van der Waals surface area contributed by atoms with Gasteiger partial charge in [-0.15, -0.1) is 13.2 Å². The van der Waals surface area contributed by atoms with E-state index in [1.165, 1.54) is 13.0 Å². The molecule has 4 atom stereocenters. The van der Waals surface area contributed by atoms with Crippen LogP contribution in [-0.2, 0) is 19.2 Å². The molecule has 0 aromatic heterocycles. The molecule has 10 nitrogen and oxygen atoms in total. The average Bonchev–Trinajstić information content (AvgIpc) is 3.20. The van der Waals surface area contributed by atoms with Crippen molar-refractivity contribution in [2.24, 2.45) is 17.8 Å². The molecule has 2 aromatic rings. The highest BCUT2D eigenvalue weighted by Gasteiger charge is 2.57. The Bertz CT molecular complexity index is 1800. The van der Waals surface area contributed by atoms with Crippen LogP contribution in [0.4, 0.5) is 18.9 Å². The van der Waals surface area contributed by atoms with Gasteiger partial charge < -0.3 is 20.1 Å². The molecule has 3 aliphatic carbocycles. The largest absolute Gasteiger partial charge is 0.573 e. The molecule has 1 saturated heterocycles. The van der Waals surface area contributed by atoms with Gasteiger partial charge >= 0.3 is 12.3 Å². The number of fused-ring (bicyclic) bond motifs is 3. The summed E-state index contributed by atoms with van der Waals surface area (Å²) in [6.45, 7) is 1.42. The van der Waals surface area contributed by atoms with Gasteiger partial charge in [-0.1, -0.05) is 11.6 Å². The lowest BCUT2D eigenvalue weighted by Crippen LogP contribution is -2.39. The number of imide groups is 1. The molecule has 1 aliphatic heterocycles. The molecule has 2 aromatic carbocycles. The predicted molar refractivity (Wildman–Crippen MR) is 144 cm³/mol. The standard InChI is InChI=1S/C31H22F3NO9/c1-12-8-22(37)20-11-18-15(24(26(20)27(12)39)19-10-14(3-7-21(19)36)44-31(32,33)34)5-6-17-25(18)29(41)35(28(17)40)13-2-4-16(30(42)43)23(38)9-13/h2-5,7-10,17-18,24-25,36,38H,6,11H2,1H3,(H,42,43)/t17-,18+,24+,25-/m0/s1. The number of nitrogens with zero attached hydrogens (tertiary/aromatic N) is 1. The Morgan fingerprint density at radius 3 is 2.36 bits per heavy atom. The zero-order valence-corrected chi connectivity index (χ0v) is 22.7. The molecule has 6 rings (SSSR count). The number of Topliss-reactive ketones (excluding diaryl/α,β-unsaturated/α-hetero) is 1. The number of allylic oxidation sites excluding steroid dienone is 6. The van der Waals surface area contributed by atoms with E-state index in [0.29, 0.717) is 5.57 Å². The van der Waals surface area contributed by atoms with E-state index < -0.39 is 82.2 Å². The summed E-state index contributed by atoms with van der Waals surface area (Å²) in [5, 5.41) is 30.3. The van der Waals surface area contributed by atoms with Gasteiger partial charge in [0.25, 0.3) is 0 Å². The van der Waals surface area contributed by atoms with E-state index in [0.717, 1.165) is 41.3 Å². The van der Waals surface area contributed by atoms with Crippen LogP contribution in [0.1, 0.15) is 41.6 Å². The van der Waals surface area contributed by atoms with Crippen LogP contribution >= 0.6 is 0 Å². The number of carboxylic acid groups (broad SMARTS) is 1. The maximum absolute atomic E-state index is 13.9. The van der Waals surface area contributed by atoms with Gasteiger partial charge in [0, 0.05) is 34.3 Å². The third kappa shape index (κ3) is 4.46. The number of carbonyl (C=O) groups is 5. The van der Waals surface area contributed by atoms with Gasteiger partial charge in [0.2, 0.25) is 11.8 Å². The lowest BCUT2D eigenvalue weighted by atomic mass is 9.59. The van der Waals surface area contributed by atoms with Crippen LogP contribution in [0.5, 0.6) is 17.2 Å². The lowest BCUT2D eigenvalue weighted by molar-refractivity contribution is -0.274. The minimum Gasteiger partial charge on any atom is -0.508 e. The average molecular weight is 610 g/mol. The van der Waals surface area contributed by atoms with Gasteiger partial charge in [0.05, 0.1) is 17.5 Å². The number of phenols is 2. The summed E-state index contributed by atoms with van der Waals surface area (Å²) in [5.41, 5.74) is -0.182. The molecule has 1 heterocycles. The van der Waals surface area contributed by atoms with Crippen molar-refractivity contribution in [1.82, 2.24) is 0 Å². The van der Waals surface area contributed by atoms with E-state index in [1.54, 1.807) is 6.08 Å². The summed E-state index contributed by atoms with van der Waals surface area (Å²) in [7, 11) is 0. The molecule has 4 aliphatic rings. The van der Waals surface area contributed by atoms with Crippen LogP contribution < -0.4 is 9.64 Å². The maximum Gasteiger partial charge on any atom is 0.573 e. The molecule has 226 valence electrons. The summed E-state index contributed by atoms with van der Waals surface area (Å²) < 4.78 is 43.3. The Morgan fingerprint density at radius 2 is 1.70 bits per heavy atom. The number of hydrogen-bond acceptors (Lipinski definition) is 8. The van der Waals surface area contributed by atoms with E-state index in [2.05, 4.69) is 4.74 Å². The van der Waals surface area contributed by atoms with Crippen molar-refractivity contribution < 1.29 is 57.2 Å². The number of benzene rings is 2. The molecular formula is C31H22F3NO9. The molecule has 1 fully saturated rings. The van der Waals surface area contributed by atoms with Crippen LogP contribution in [-0.4, -0.2) is 51.0 Å². The molecular weight excluding hydrogens is 587 g/mol. The Labute approximate surface area is 246 Å². The third-order valence-electron chi connectivity index (χ3n) is 8.58. The fourth-order valence-corrected chi connectivity index (χ4v) is 6.77. The number of alkyl halides is 3. The second-order valence-electron chi connectivity index (χ2n) is 11.0. The second-order valence-corrected chi connectivity index (χ2v) is 11.0. The molecule has 0 radical (unpaired) electrons. The first kappa shape index (κ1) is 28.9. The van der Waals surface area contributed by atoms with Crippen molar-refractivity contribution in [2.45, 2.75) is 32.0 Å². The predicted octanol–water partition coefficient (Wildman–Crippen LogP) is 4.33. The van der Waals surface area contributed by atoms with Gasteiger partial charge in [0.1, 0.15) is 22.8 Å². The number of ketones is 2. The number of anilines is 1. The van der Waals surface area contributed by atoms with Crippen molar-refractivity contribution in [3.63, 3.8) is 0 Å². The zero-order chi connectivity index (χ0) is 31.8. The molecule has 3 N–H and O–H groups in total. The number of rotatable bonds is 4. The van der Waals surface area contributed by atoms with Gasteiger partial charge in [-0.2, -0.15) is 0 Å². The minimum absolute atomic E-state index is 0.00760. The SMILES string of the molecule is CC1=CC(=O)C2=C(C1=O)[C@@H](c1cc(OC(F)(F)F)ccc1O)C1=CC[C@@H]3C(=O)N(c4ccc(C(=O)O)c(O)c4)C(=O)[C@@H]3[C@@H]1C2. The highest BCUT2D eigenvalue weighted by molar-refractivity contribution is 6.25. The molecule has 44 heavy (non-hydrogen) atoms. The molecule has 2 amide bonds. The molecule has 0 bridgehead atoms. The number of hydrogen-bond donors (Lipinski definition) is 3. The maximum atomic E-state index is 13.9. The molecule has 0 spiro atoms. The number of ether oxygens (including phenoxy) is 1. The van der Waals surface area contributed by atoms with Crippen LogP contribution in [0.15, 0.2) is 70.8 Å². The normalized spacial score (nSPS) is 24.9. The first-order valence-electron chi connectivity index (χ1n) is 13.4. The summed E-state index contributed by atoms with van der Waals surface area (Å²) in [6.07, 6.45) is -2.44. The Kier molecular flexibility index (Phi) is 6.52. The Hall–Kier alpha value is -5.20. The first-order chi connectivity index (χ1) is 20.7. The van der Waals surface area contributed by atoms with Gasteiger partial charge in [0.15, 0.2) is 11.6 Å². The van der Waals surface area contributed by atoms with E-state index in [9.17, 15) is 52.5 Å². The Morgan fingerprint density at radius 1 is 0.977 bits per heavy atom. The van der Waals surface area contributed by atoms with Crippen LogP contribution in [0.25, 0.3) is 0 Å². The van der Waals surface area contributed by atoms with Gasteiger partial charge in [-0.25, -0.2) is 9.69 Å². The second kappa shape index (κ2) is 9.93. The molecule has 0 unspecified atom stereocenters. The van der Waals surface area contributed by atoms with Crippen LogP contribution in [0, 0.1) is 17.8 Å². The van der Waals surface area contributed by atoms with Crippen molar-refractivity contribution in [3.8, 4) is 17.2 Å². The van der Waals surface area contributed by atoms with E-state index in [4.69, 9.17) is 0 Å². The number of phenolic OH excluding ortho intramolecular Hbond substituents is 1. The summed E-state index contributed by atoms with van der Waals surface area (Å²) in [4.78, 5) is 66.4. The minimum atomic E-state index is -5.06. The molecule has 0 saturated carbocycles. The molecule has 13 heteroatoms. The smallest absolute Gasteiger partial charge is 0.508 e. The number of carboxylic acids is 1. The van der Waals surface area contributed by atoms with E-state index in [-0.39, 0.29) is 40.8 Å². The van der Waals surface area contributed by atoms with Crippen LogP contribution in [0.2, 0.25) is 0 Å². The third-order valence-corrected chi connectivity index (χ3v) is 8.58. The monoisotopic (exact) mass is 609 g/mol. The van der Waals surface area contributed by atoms with Crippen molar-refractivity contribution in [1.29, 1.82) is 0 Å². The van der Waals surface area contributed by atoms with Crippen LogP contribution in [0.3, 0.4) is 0 Å². The van der Waals surface area contributed by atoms with E-state index >= 15 is 0 Å². The zero-order valence-electron chi connectivity index (χ0n) is 22.7. The van der Waals surface area contributed by atoms with Crippen molar-refractivity contribution in [2.75, 3.05) is 4.90 Å². The van der Waals surface area contributed by atoms with Crippen molar-refractivity contribution >= 4 is 35.0 Å².